The Kier molecular flexibility index (Phi) is 5.23. The highest BCUT2D eigenvalue weighted by atomic mass is 32.1. The van der Waals surface area contributed by atoms with Crippen LogP contribution >= 0.6 is 11.7 Å². The lowest BCUT2D eigenvalue weighted by molar-refractivity contribution is 0.196. The number of benzene rings is 1. The van der Waals surface area contributed by atoms with Gasteiger partial charge in [-0.25, -0.2) is 0 Å². The highest BCUT2D eigenvalue weighted by Crippen LogP contribution is 2.41. The highest BCUT2D eigenvalue weighted by Gasteiger charge is 2.39. The molecule has 2 bridgehead atoms. The molecule has 0 saturated carbocycles. The minimum Gasteiger partial charge on any atom is -0.459 e. The zero-order chi connectivity index (χ0) is 17.9. The van der Waals surface area contributed by atoms with E-state index in [1.165, 1.54) is 37.7 Å². The van der Waals surface area contributed by atoms with E-state index in [0.717, 1.165) is 17.8 Å². The average molecular weight is 368 g/mol. The number of fused-ring (bicyclic) bond motifs is 2. The van der Waals surface area contributed by atoms with E-state index in [2.05, 4.69) is 39.3 Å². The second-order valence-electron chi connectivity index (χ2n) is 7.64. The van der Waals surface area contributed by atoms with Gasteiger partial charge in [-0.15, -0.1) is 4.37 Å². The van der Waals surface area contributed by atoms with E-state index in [-0.39, 0.29) is 12.0 Å². The first-order chi connectivity index (χ1) is 12.7. The summed E-state index contributed by atoms with van der Waals surface area (Å²) < 4.78 is 15.4. The van der Waals surface area contributed by atoms with Crippen molar-refractivity contribution in [3.8, 4) is 17.7 Å². The van der Waals surface area contributed by atoms with E-state index < -0.39 is 0 Å². The zero-order valence-corrected chi connectivity index (χ0v) is 16.2. The van der Waals surface area contributed by atoms with Crippen molar-refractivity contribution >= 4 is 11.7 Å². The first-order valence-electron chi connectivity index (χ1n) is 9.49. The van der Waals surface area contributed by atoms with Crippen molar-refractivity contribution in [2.45, 2.75) is 38.7 Å². The Morgan fingerprint density at radius 1 is 1.19 bits per heavy atom. The molecule has 2 aliphatic heterocycles. The van der Waals surface area contributed by atoms with Crippen molar-refractivity contribution in [2.75, 3.05) is 19.6 Å². The molecular weight excluding hydrogens is 342 g/mol. The van der Waals surface area contributed by atoms with E-state index >= 15 is 0 Å². The zero-order valence-electron chi connectivity index (χ0n) is 15.4. The van der Waals surface area contributed by atoms with Crippen molar-refractivity contribution in [2.24, 2.45) is 11.8 Å². The van der Waals surface area contributed by atoms with Crippen molar-refractivity contribution in [1.82, 2.24) is 13.6 Å². The monoisotopic (exact) mass is 367 g/mol. The Balaban J connectivity index is 1.53. The van der Waals surface area contributed by atoms with Crippen molar-refractivity contribution < 1.29 is 4.74 Å². The Morgan fingerprint density at radius 3 is 2.81 bits per heavy atom. The van der Waals surface area contributed by atoms with Crippen LogP contribution in [0, 0.1) is 23.7 Å². The van der Waals surface area contributed by atoms with Gasteiger partial charge in [-0.05, 0) is 37.4 Å². The second-order valence-corrected chi connectivity index (χ2v) is 8.17. The van der Waals surface area contributed by atoms with Gasteiger partial charge in [0.25, 0.3) is 5.88 Å². The lowest BCUT2D eigenvalue weighted by atomic mass is 9.89. The molecule has 4 nitrogen and oxygen atoms in total. The topological polar surface area (TPSA) is 38.3 Å². The van der Waals surface area contributed by atoms with Gasteiger partial charge in [-0.3, -0.25) is 0 Å². The first-order valence-corrected chi connectivity index (χ1v) is 10.2. The molecule has 3 heterocycles. The van der Waals surface area contributed by atoms with Gasteiger partial charge >= 0.3 is 0 Å². The predicted molar refractivity (Wildman–Crippen MR) is 104 cm³/mol. The normalized spacial score (nSPS) is 25.6. The van der Waals surface area contributed by atoms with Gasteiger partial charge in [0.15, 0.2) is 6.10 Å². The number of piperidine rings is 1. The first kappa shape index (κ1) is 17.5. The average Bonchev–Trinajstić information content (AvgIpc) is 3.22. The summed E-state index contributed by atoms with van der Waals surface area (Å²) in [6, 6.07) is 10.1. The molecule has 0 amide bonds. The molecule has 26 heavy (non-hydrogen) atoms. The maximum absolute atomic E-state index is 6.27. The van der Waals surface area contributed by atoms with Crippen molar-refractivity contribution in [1.29, 1.82) is 0 Å². The van der Waals surface area contributed by atoms with Crippen LogP contribution in [0.2, 0.25) is 0 Å². The van der Waals surface area contributed by atoms with Crippen molar-refractivity contribution in [3.63, 3.8) is 0 Å². The standard InChI is InChI=1S/C21H25N3OS/c1-15(2)19(11-10-16-7-4-3-5-8-16)25-21-20(22-26-23-21)18-14-24-12-6-9-17(18)13-24/h3-5,7-8,15,17-19H,6,9,12-14H2,1-2H3/t17-,18-,19?/m0/s1. The van der Waals surface area contributed by atoms with E-state index in [0.29, 0.717) is 17.7 Å². The van der Waals surface area contributed by atoms with Gasteiger partial charge in [0.1, 0.15) is 5.69 Å². The van der Waals surface area contributed by atoms with Gasteiger partial charge in [0.2, 0.25) is 0 Å². The third-order valence-corrected chi connectivity index (χ3v) is 5.90. The largest absolute Gasteiger partial charge is 0.459 e. The Hall–Kier alpha value is -1.90. The third kappa shape index (κ3) is 3.77. The molecule has 0 N–H and O–H groups in total. The molecule has 2 saturated heterocycles. The molecule has 4 atom stereocenters. The fourth-order valence-corrected chi connectivity index (χ4v) is 4.50. The van der Waals surface area contributed by atoms with Crippen LogP contribution in [0.3, 0.4) is 0 Å². The SMILES string of the molecule is CC(C)C(C#Cc1ccccc1)Oc1nsnc1[C@H]1CN2CCC[C@H]1C2. The van der Waals surface area contributed by atoms with Crippen LogP contribution < -0.4 is 4.74 Å². The van der Waals surface area contributed by atoms with Crippen LogP contribution in [-0.2, 0) is 0 Å². The van der Waals surface area contributed by atoms with Crippen molar-refractivity contribution in [3.05, 3.63) is 41.6 Å². The molecule has 1 aromatic carbocycles. The van der Waals surface area contributed by atoms with E-state index in [1.54, 1.807) is 0 Å². The lowest BCUT2D eigenvalue weighted by Gasteiger charge is -2.22. The molecule has 0 radical (unpaired) electrons. The summed E-state index contributed by atoms with van der Waals surface area (Å²) in [6.07, 6.45) is 2.41. The lowest BCUT2D eigenvalue weighted by Crippen LogP contribution is -2.25. The summed E-state index contributed by atoms with van der Waals surface area (Å²) in [4.78, 5) is 2.55. The van der Waals surface area contributed by atoms with Gasteiger partial charge < -0.3 is 9.64 Å². The second kappa shape index (κ2) is 7.77. The maximum Gasteiger partial charge on any atom is 0.250 e. The Morgan fingerprint density at radius 2 is 2.04 bits per heavy atom. The molecule has 2 fully saturated rings. The summed E-state index contributed by atoms with van der Waals surface area (Å²) in [7, 11) is 0. The minimum atomic E-state index is -0.182. The summed E-state index contributed by atoms with van der Waals surface area (Å²) >= 11 is 1.26. The van der Waals surface area contributed by atoms with Gasteiger partial charge in [0.05, 0.1) is 11.7 Å². The number of nitrogens with zero attached hydrogens (tertiary/aromatic N) is 3. The molecule has 1 aromatic heterocycles. The van der Waals surface area contributed by atoms with E-state index in [4.69, 9.17) is 4.74 Å². The number of rotatable bonds is 4. The quantitative estimate of drug-likeness (QED) is 0.771. The number of ether oxygens (including phenoxy) is 1. The molecule has 2 aliphatic rings. The van der Waals surface area contributed by atoms with Gasteiger partial charge in [-0.2, -0.15) is 4.37 Å². The van der Waals surface area contributed by atoms with E-state index in [9.17, 15) is 0 Å². The van der Waals surface area contributed by atoms with Crippen LogP contribution in [0.15, 0.2) is 30.3 Å². The fourth-order valence-electron chi connectivity index (χ4n) is 3.95. The Labute approximate surface area is 159 Å². The van der Waals surface area contributed by atoms with Crippen LogP contribution in [0.1, 0.15) is 43.9 Å². The molecule has 4 rings (SSSR count). The molecule has 5 heteroatoms. The summed E-state index contributed by atoms with van der Waals surface area (Å²) in [5.41, 5.74) is 2.06. The van der Waals surface area contributed by atoms with Gasteiger partial charge in [-0.1, -0.05) is 43.9 Å². The van der Waals surface area contributed by atoms with Crippen LogP contribution in [0.5, 0.6) is 5.88 Å². The maximum atomic E-state index is 6.27. The molecule has 2 unspecified atom stereocenters. The molecule has 2 aromatic rings. The van der Waals surface area contributed by atoms with E-state index in [1.807, 2.05) is 30.3 Å². The Bertz CT molecular complexity index is 792. The predicted octanol–water partition coefficient (Wildman–Crippen LogP) is 3.80. The van der Waals surface area contributed by atoms with Crippen LogP contribution in [0.4, 0.5) is 0 Å². The highest BCUT2D eigenvalue weighted by molar-refractivity contribution is 6.99. The van der Waals surface area contributed by atoms with Gasteiger partial charge in [0, 0.05) is 30.5 Å². The summed E-state index contributed by atoms with van der Waals surface area (Å²) in [5.74, 6) is 8.67. The molecule has 136 valence electrons. The number of aromatic nitrogens is 2. The summed E-state index contributed by atoms with van der Waals surface area (Å²) in [5, 5.41) is 0. The molecule has 0 spiro atoms. The van der Waals surface area contributed by atoms with Crippen LogP contribution in [0.25, 0.3) is 0 Å². The molecular formula is C21H25N3OS. The minimum absolute atomic E-state index is 0.182. The fraction of sp³-hybridized carbons (Fsp3) is 0.524. The van der Waals surface area contributed by atoms with Crippen LogP contribution in [-0.4, -0.2) is 39.4 Å². The summed E-state index contributed by atoms with van der Waals surface area (Å²) in [6.45, 7) is 7.78. The number of hydrogen-bond acceptors (Lipinski definition) is 5. The smallest absolute Gasteiger partial charge is 0.250 e. The number of hydrogen-bond donors (Lipinski definition) is 0. The third-order valence-electron chi connectivity index (χ3n) is 5.38. The molecule has 0 aliphatic carbocycles.